The molecule has 0 aliphatic heterocycles. The summed E-state index contributed by atoms with van der Waals surface area (Å²) in [7, 11) is 0. The van der Waals surface area contributed by atoms with Gasteiger partial charge in [-0.25, -0.2) is 8.78 Å². The van der Waals surface area contributed by atoms with Crippen molar-refractivity contribution in [3.63, 3.8) is 0 Å². The maximum Gasteiger partial charge on any atom is 0.265 e. The highest BCUT2D eigenvalue weighted by Gasteiger charge is 2.18. The zero-order valence-corrected chi connectivity index (χ0v) is 11.5. The van der Waals surface area contributed by atoms with E-state index < -0.39 is 11.9 Å². The van der Waals surface area contributed by atoms with Crippen LogP contribution in [0.5, 0.6) is 5.75 Å². The topological polar surface area (TPSA) is 38.3 Å². The second kappa shape index (κ2) is 6.83. The summed E-state index contributed by atoms with van der Waals surface area (Å²) in [6, 6.07) is 11.0. The quantitative estimate of drug-likeness (QED) is 0.911. The predicted molar refractivity (Wildman–Crippen MR) is 76.1 cm³/mol. The number of rotatable bonds is 5. The number of carbonyl (C=O) groups excluding carboxylic acids is 1. The largest absolute Gasteiger partial charge is 0.481 e. The summed E-state index contributed by atoms with van der Waals surface area (Å²) in [5.74, 6) is -0.787. The van der Waals surface area contributed by atoms with E-state index in [1.165, 1.54) is 42.5 Å². The van der Waals surface area contributed by atoms with Crippen LogP contribution in [0.1, 0.15) is 13.3 Å². The van der Waals surface area contributed by atoms with Gasteiger partial charge in [0, 0.05) is 5.69 Å². The molecule has 5 heteroatoms. The third-order valence-corrected chi connectivity index (χ3v) is 2.85. The van der Waals surface area contributed by atoms with Crippen molar-refractivity contribution in [1.29, 1.82) is 0 Å². The normalized spacial score (nSPS) is 11.8. The molecule has 0 radical (unpaired) electrons. The van der Waals surface area contributed by atoms with Crippen LogP contribution in [0.25, 0.3) is 0 Å². The second-order valence-electron chi connectivity index (χ2n) is 4.47. The lowest BCUT2D eigenvalue weighted by atomic mass is 10.2. The average molecular weight is 291 g/mol. The highest BCUT2D eigenvalue weighted by Crippen LogP contribution is 2.16. The Bertz CT molecular complexity index is 614. The van der Waals surface area contributed by atoms with Crippen molar-refractivity contribution in [2.45, 2.75) is 19.4 Å². The van der Waals surface area contributed by atoms with Crippen LogP contribution in [0.2, 0.25) is 0 Å². The Balaban J connectivity index is 2.03. The minimum Gasteiger partial charge on any atom is -0.481 e. The zero-order chi connectivity index (χ0) is 15.2. The Morgan fingerprint density at radius 1 is 1.14 bits per heavy atom. The Kier molecular flexibility index (Phi) is 4.87. The molecule has 1 N–H and O–H groups in total. The Hall–Kier alpha value is -2.43. The SMILES string of the molecule is CC[C@@H](Oc1ccc(F)cc1)C(=O)Nc1cccc(F)c1. The summed E-state index contributed by atoms with van der Waals surface area (Å²) in [5, 5.41) is 2.59. The molecule has 3 nitrogen and oxygen atoms in total. The summed E-state index contributed by atoms with van der Waals surface area (Å²) in [4.78, 5) is 12.1. The van der Waals surface area contributed by atoms with E-state index in [1.54, 1.807) is 13.0 Å². The van der Waals surface area contributed by atoms with Gasteiger partial charge in [0.05, 0.1) is 0 Å². The molecule has 0 aliphatic carbocycles. The van der Waals surface area contributed by atoms with Gasteiger partial charge in [0.25, 0.3) is 5.91 Å². The number of nitrogens with one attached hydrogen (secondary N) is 1. The number of carbonyl (C=O) groups is 1. The van der Waals surface area contributed by atoms with Gasteiger partial charge < -0.3 is 10.1 Å². The number of halogens is 2. The van der Waals surface area contributed by atoms with Crippen molar-refractivity contribution in [3.8, 4) is 5.75 Å². The number of hydrogen-bond acceptors (Lipinski definition) is 2. The fourth-order valence-corrected chi connectivity index (χ4v) is 1.79. The van der Waals surface area contributed by atoms with E-state index in [9.17, 15) is 13.6 Å². The molecule has 1 amide bonds. The molecule has 0 unspecified atom stereocenters. The summed E-state index contributed by atoms with van der Waals surface area (Å²) in [6.07, 6.45) is -0.308. The van der Waals surface area contributed by atoms with Gasteiger partial charge in [-0.2, -0.15) is 0 Å². The highest BCUT2D eigenvalue weighted by atomic mass is 19.1. The van der Waals surface area contributed by atoms with Crippen LogP contribution in [0.3, 0.4) is 0 Å². The van der Waals surface area contributed by atoms with Crippen LogP contribution < -0.4 is 10.1 Å². The van der Waals surface area contributed by atoms with Crippen molar-refractivity contribution in [1.82, 2.24) is 0 Å². The maximum atomic E-state index is 13.1. The van der Waals surface area contributed by atoms with Gasteiger partial charge in [0.15, 0.2) is 6.10 Å². The summed E-state index contributed by atoms with van der Waals surface area (Å²) >= 11 is 0. The minimum atomic E-state index is -0.737. The van der Waals surface area contributed by atoms with E-state index in [2.05, 4.69) is 5.32 Å². The fourth-order valence-electron chi connectivity index (χ4n) is 1.79. The highest BCUT2D eigenvalue weighted by molar-refractivity contribution is 5.94. The van der Waals surface area contributed by atoms with E-state index in [1.807, 2.05) is 0 Å². The van der Waals surface area contributed by atoms with E-state index in [0.717, 1.165) is 0 Å². The Morgan fingerprint density at radius 3 is 2.48 bits per heavy atom. The van der Waals surface area contributed by atoms with Gasteiger partial charge in [0.1, 0.15) is 17.4 Å². The lowest BCUT2D eigenvalue weighted by Crippen LogP contribution is -2.32. The van der Waals surface area contributed by atoms with Gasteiger partial charge in [-0.3, -0.25) is 4.79 Å². The minimum absolute atomic E-state index is 0.362. The third-order valence-electron chi connectivity index (χ3n) is 2.85. The molecule has 1 atom stereocenters. The first-order valence-corrected chi connectivity index (χ1v) is 6.57. The van der Waals surface area contributed by atoms with Gasteiger partial charge >= 0.3 is 0 Å². The van der Waals surface area contributed by atoms with E-state index >= 15 is 0 Å². The molecular weight excluding hydrogens is 276 g/mol. The first-order chi connectivity index (χ1) is 10.1. The first-order valence-electron chi connectivity index (χ1n) is 6.57. The van der Waals surface area contributed by atoms with Crippen molar-refractivity contribution < 1.29 is 18.3 Å². The third kappa shape index (κ3) is 4.27. The molecule has 110 valence electrons. The number of hydrogen-bond donors (Lipinski definition) is 1. The fraction of sp³-hybridized carbons (Fsp3) is 0.188. The molecule has 2 rings (SSSR count). The number of anilines is 1. The van der Waals surface area contributed by atoms with E-state index in [-0.39, 0.29) is 11.7 Å². The molecule has 0 fully saturated rings. The number of benzene rings is 2. The smallest absolute Gasteiger partial charge is 0.265 e. The van der Waals surface area contributed by atoms with Crippen molar-refractivity contribution in [3.05, 3.63) is 60.2 Å². The molecule has 2 aromatic rings. The van der Waals surface area contributed by atoms with Crippen LogP contribution in [-0.2, 0) is 4.79 Å². The van der Waals surface area contributed by atoms with Crippen LogP contribution in [0, 0.1) is 11.6 Å². The number of amides is 1. The molecule has 0 saturated carbocycles. The lowest BCUT2D eigenvalue weighted by molar-refractivity contribution is -0.122. The molecule has 2 aromatic carbocycles. The number of ether oxygens (including phenoxy) is 1. The van der Waals surface area contributed by atoms with E-state index in [4.69, 9.17) is 4.74 Å². The monoisotopic (exact) mass is 291 g/mol. The maximum absolute atomic E-state index is 13.1. The average Bonchev–Trinajstić information content (AvgIpc) is 2.46. The molecule has 0 spiro atoms. The van der Waals surface area contributed by atoms with Gasteiger partial charge in [-0.1, -0.05) is 13.0 Å². The Labute approximate surface area is 121 Å². The van der Waals surface area contributed by atoms with Gasteiger partial charge in [0.2, 0.25) is 0 Å². The van der Waals surface area contributed by atoms with Crippen LogP contribution in [0.15, 0.2) is 48.5 Å². The molecule has 0 saturated heterocycles. The summed E-state index contributed by atoms with van der Waals surface area (Å²) < 4.78 is 31.4. The molecule has 0 aromatic heterocycles. The lowest BCUT2D eigenvalue weighted by Gasteiger charge is -2.17. The zero-order valence-electron chi connectivity index (χ0n) is 11.5. The summed E-state index contributed by atoms with van der Waals surface area (Å²) in [6.45, 7) is 1.79. The molecule has 21 heavy (non-hydrogen) atoms. The molecular formula is C16H15F2NO2. The summed E-state index contributed by atoms with van der Waals surface area (Å²) in [5.41, 5.74) is 0.362. The second-order valence-corrected chi connectivity index (χ2v) is 4.47. The van der Waals surface area contributed by atoms with E-state index in [0.29, 0.717) is 17.9 Å². The van der Waals surface area contributed by atoms with Gasteiger partial charge in [-0.05, 0) is 48.9 Å². The molecule has 0 heterocycles. The van der Waals surface area contributed by atoms with Crippen LogP contribution in [0.4, 0.5) is 14.5 Å². The first kappa shape index (κ1) is 15.0. The van der Waals surface area contributed by atoms with Crippen molar-refractivity contribution in [2.24, 2.45) is 0 Å². The molecule has 0 aliphatic rings. The van der Waals surface area contributed by atoms with Crippen molar-refractivity contribution >= 4 is 11.6 Å². The van der Waals surface area contributed by atoms with Crippen molar-refractivity contribution in [2.75, 3.05) is 5.32 Å². The van der Waals surface area contributed by atoms with Crippen LogP contribution >= 0.6 is 0 Å². The van der Waals surface area contributed by atoms with Crippen LogP contribution in [-0.4, -0.2) is 12.0 Å². The predicted octanol–water partition coefficient (Wildman–Crippen LogP) is 3.76. The molecule has 0 bridgehead atoms. The standard InChI is InChI=1S/C16H15F2NO2/c1-2-15(21-14-8-6-11(17)7-9-14)16(20)19-13-5-3-4-12(18)10-13/h3-10,15H,2H2,1H3,(H,19,20)/t15-/m1/s1. The Morgan fingerprint density at radius 2 is 1.86 bits per heavy atom. The van der Waals surface area contributed by atoms with Gasteiger partial charge in [-0.15, -0.1) is 0 Å².